The molecule has 0 radical (unpaired) electrons. The van der Waals surface area contributed by atoms with Crippen molar-refractivity contribution in [2.75, 3.05) is 6.54 Å². The third-order valence-corrected chi connectivity index (χ3v) is 3.83. The van der Waals surface area contributed by atoms with Gasteiger partial charge in [0.2, 0.25) is 0 Å². The molecule has 3 unspecified atom stereocenters. The monoisotopic (exact) mass is 233 g/mol. The lowest BCUT2D eigenvalue weighted by Gasteiger charge is -2.43. The molecule has 0 saturated carbocycles. The van der Waals surface area contributed by atoms with Gasteiger partial charge in [0.05, 0.1) is 11.7 Å². The summed E-state index contributed by atoms with van der Waals surface area (Å²) in [5, 5.41) is 3.63. The van der Waals surface area contributed by atoms with Crippen molar-refractivity contribution in [2.24, 2.45) is 0 Å². The fraction of sp³-hybridized carbons (Fsp3) is 0.600. The lowest BCUT2D eigenvalue weighted by molar-refractivity contribution is -0.130. The van der Waals surface area contributed by atoms with E-state index in [4.69, 9.17) is 4.74 Å². The molecular formula is C15H23NO. The van der Waals surface area contributed by atoms with E-state index < -0.39 is 0 Å². The second kappa shape index (κ2) is 5.19. The van der Waals surface area contributed by atoms with Gasteiger partial charge in [-0.05, 0) is 25.3 Å². The van der Waals surface area contributed by atoms with Crippen LogP contribution in [0.15, 0.2) is 30.3 Å². The summed E-state index contributed by atoms with van der Waals surface area (Å²) in [6, 6.07) is 11.0. The predicted molar refractivity (Wildman–Crippen MR) is 71.0 cm³/mol. The van der Waals surface area contributed by atoms with Crippen LogP contribution in [0.25, 0.3) is 0 Å². The molecule has 94 valence electrons. The van der Waals surface area contributed by atoms with Crippen molar-refractivity contribution in [1.82, 2.24) is 5.32 Å². The number of benzene rings is 1. The van der Waals surface area contributed by atoms with Crippen LogP contribution in [0.2, 0.25) is 0 Å². The van der Waals surface area contributed by atoms with Gasteiger partial charge in [0.15, 0.2) is 0 Å². The van der Waals surface area contributed by atoms with E-state index in [0.29, 0.717) is 6.04 Å². The minimum atomic E-state index is -0.0355. The highest BCUT2D eigenvalue weighted by Gasteiger charge is 2.36. The first-order chi connectivity index (χ1) is 8.18. The van der Waals surface area contributed by atoms with E-state index in [9.17, 15) is 0 Å². The van der Waals surface area contributed by atoms with E-state index in [2.05, 4.69) is 56.4 Å². The largest absolute Gasteiger partial charge is 0.364 e. The third-order valence-electron chi connectivity index (χ3n) is 3.83. The molecule has 0 amide bonds. The fourth-order valence-corrected chi connectivity index (χ4v) is 2.39. The van der Waals surface area contributed by atoms with Crippen LogP contribution in [0.4, 0.5) is 0 Å². The molecule has 1 saturated heterocycles. The number of hydrogen-bond acceptors (Lipinski definition) is 2. The van der Waals surface area contributed by atoms with Crippen LogP contribution in [0.3, 0.4) is 0 Å². The van der Waals surface area contributed by atoms with E-state index in [-0.39, 0.29) is 11.7 Å². The van der Waals surface area contributed by atoms with Crippen LogP contribution in [-0.2, 0) is 4.74 Å². The smallest absolute Gasteiger partial charge is 0.0985 e. The molecule has 1 aliphatic heterocycles. The highest BCUT2D eigenvalue weighted by atomic mass is 16.5. The molecule has 2 rings (SSSR count). The Morgan fingerprint density at radius 3 is 2.59 bits per heavy atom. The Balaban J connectivity index is 2.22. The zero-order valence-corrected chi connectivity index (χ0v) is 11.1. The second-order valence-electron chi connectivity index (χ2n) is 5.15. The Morgan fingerprint density at radius 2 is 2.00 bits per heavy atom. The summed E-state index contributed by atoms with van der Waals surface area (Å²) in [4.78, 5) is 0. The molecule has 1 N–H and O–H groups in total. The summed E-state index contributed by atoms with van der Waals surface area (Å²) in [7, 11) is 0. The Labute approximate surface area is 104 Å². The molecule has 1 heterocycles. The molecule has 0 aromatic heterocycles. The summed E-state index contributed by atoms with van der Waals surface area (Å²) in [6.45, 7) is 7.55. The van der Waals surface area contributed by atoms with Gasteiger partial charge < -0.3 is 10.1 Å². The van der Waals surface area contributed by atoms with Crippen molar-refractivity contribution in [3.63, 3.8) is 0 Å². The maximum absolute atomic E-state index is 6.35. The standard InChI is InChI=1S/C15H23NO/c1-4-13-14(12-9-7-6-8-10-12)17-15(3,5-2)11-16-13/h6-10,13-14,16H,4-5,11H2,1-3H3. The van der Waals surface area contributed by atoms with Gasteiger partial charge in [-0.1, -0.05) is 44.2 Å². The van der Waals surface area contributed by atoms with Crippen molar-refractivity contribution in [2.45, 2.75) is 51.4 Å². The van der Waals surface area contributed by atoms with E-state index in [1.54, 1.807) is 0 Å². The Bertz CT molecular complexity index is 351. The molecule has 0 spiro atoms. The minimum absolute atomic E-state index is 0.0355. The molecule has 1 aromatic carbocycles. The fourth-order valence-electron chi connectivity index (χ4n) is 2.39. The maximum atomic E-state index is 6.35. The van der Waals surface area contributed by atoms with E-state index in [1.807, 2.05) is 0 Å². The van der Waals surface area contributed by atoms with Crippen LogP contribution in [0, 0.1) is 0 Å². The summed E-state index contributed by atoms with van der Waals surface area (Å²) >= 11 is 0. The summed E-state index contributed by atoms with van der Waals surface area (Å²) < 4.78 is 6.35. The highest BCUT2D eigenvalue weighted by Crippen LogP contribution is 2.33. The van der Waals surface area contributed by atoms with Gasteiger partial charge in [0.25, 0.3) is 0 Å². The van der Waals surface area contributed by atoms with E-state index >= 15 is 0 Å². The van der Waals surface area contributed by atoms with Crippen LogP contribution in [0.1, 0.15) is 45.3 Å². The number of nitrogens with one attached hydrogen (secondary N) is 1. The van der Waals surface area contributed by atoms with Crippen LogP contribution >= 0.6 is 0 Å². The molecule has 2 nitrogen and oxygen atoms in total. The Hall–Kier alpha value is -0.860. The predicted octanol–water partition coefficient (Wildman–Crippen LogP) is 3.29. The third kappa shape index (κ3) is 2.70. The van der Waals surface area contributed by atoms with Gasteiger partial charge in [-0.3, -0.25) is 0 Å². The number of hydrogen-bond donors (Lipinski definition) is 1. The molecule has 1 aromatic rings. The van der Waals surface area contributed by atoms with Gasteiger partial charge in [-0.25, -0.2) is 0 Å². The number of morpholine rings is 1. The summed E-state index contributed by atoms with van der Waals surface area (Å²) in [5.74, 6) is 0. The normalized spacial score (nSPS) is 33.6. The topological polar surface area (TPSA) is 21.3 Å². The van der Waals surface area contributed by atoms with E-state index in [1.165, 1.54) is 5.56 Å². The number of ether oxygens (including phenoxy) is 1. The first-order valence-corrected chi connectivity index (χ1v) is 6.64. The molecule has 1 fully saturated rings. The zero-order valence-electron chi connectivity index (χ0n) is 11.1. The van der Waals surface area contributed by atoms with Gasteiger partial charge in [-0.2, -0.15) is 0 Å². The lowest BCUT2D eigenvalue weighted by Crippen LogP contribution is -2.53. The Morgan fingerprint density at radius 1 is 1.29 bits per heavy atom. The van der Waals surface area contributed by atoms with Gasteiger partial charge in [0, 0.05) is 12.6 Å². The van der Waals surface area contributed by atoms with Crippen LogP contribution < -0.4 is 5.32 Å². The molecular weight excluding hydrogens is 210 g/mol. The highest BCUT2D eigenvalue weighted by molar-refractivity contribution is 5.20. The van der Waals surface area contributed by atoms with Crippen LogP contribution in [0.5, 0.6) is 0 Å². The van der Waals surface area contributed by atoms with Crippen molar-refractivity contribution < 1.29 is 4.74 Å². The number of rotatable bonds is 3. The van der Waals surface area contributed by atoms with Crippen molar-refractivity contribution in [1.29, 1.82) is 0 Å². The van der Waals surface area contributed by atoms with Gasteiger partial charge in [0.1, 0.15) is 0 Å². The first kappa shape index (κ1) is 12.6. The second-order valence-corrected chi connectivity index (χ2v) is 5.15. The Kier molecular flexibility index (Phi) is 3.85. The zero-order chi connectivity index (χ0) is 12.3. The SMILES string of the molecule is CCC1NCC(C)(CC)OC1c1ccccc1. The average molecular weight is 233 g/mol. The van der Waals surface area contributed by atoms with Crippen LogP contribution in [-0.4, -0.2) is 18.2 Å². The quantitative estimate of drug-likeness (QED) is 0.865. The molecule has 3 atom stereocenters. The van der Waals surface area contributed by atoms with Crippen molar-refractivity contribution in [3.8, 4) is 0 Å². The minimum Gasteiger partial charge on any atom is -0.364 e. The molecule has 2 heteroatoms. The maximum Gasteiger partial charge on any atom is 0.0985 e. The van der Waals surface area contributed by atoms with Gasteiger partial charge >= 0.3 is 0 Å². The molecule has 0 aliphatic carbocycles. The lowest BCUT2D eigenvalue weighted by atomic mass is 9.93. The summed E-state index contributed by atoms with van der Waals surface area (Å²) in [5.41, 5.74) is 1.25. The average Bonchev–Trinajstić information content (AvgIpc) is 2.40. The first-order valence-electron chi connectivity index (χ1n) is 6.64. The van der Waals surface area contributed by atoms with Crippen molar-refractivity contribution >= 4 is 0 Å². The van der Waals surface area contributed by atoms with Crippen molar-refractivity contribution in [3.05, 3.63) is 35.9 Å². The molecule has 0 bridgehead atoms. The summed E-state index contributed by atoms with van der Waals surface area (Å²) in [6.07, 6.45) is 2.32. The molecule has 17 heavy (non-hydrogen) atoms. The molecule has 1 aliphatic rings. The van der Waals surface area contributed by atoms with E-state index in [0.717, 1.165) is 19.4 Å². The van der Waals surface area contributed by atoms with Gasteiger partial charge in [-0.15, -0.1) is 0 Å².